The number of halogens is 1. The van der Waals surface area contributed by atoms with Gasteiger partial charge < -0.3 is 9.59 Å². The molecule has 0 aliphatic heterocycles. The van der Waals surface area contributed by atoms with Crippen molar-refractivity contribution in [2.45, 2.75) is 19.8 Å². The Hall–Kier alpha value is -0.120. The lowest BCUT2D eigenvalue weighted by atomic mass is 10.4. The molecule has 13 heavy (non-hydrogen) atoms. The Kier molecular flexibility index (Phi) is 10.0. The van der Waals surface area contributed by atoms with Crippen molar-refractivity contribution in [1.82, 2.24) is 0 Å². The summed E-state index contributed by atoms with van der Waals surface area (Å²) in [6, 6.07) is 0. The van der Waals surface area contributed by atoms with Crippen LogP contribution < -0.4 is 0 Å². The number of likely N-dealkylation sites (N-methyl/N-ethyl adjacent to an activating group) is 1. The van der Waals surface area contributed by atoms with Gasteiger partial charge in [-0.3, -0.25) is 4.79 Å². The minimum Gasteiger partial charge on any atom is -0.391 e. The van der Waals surface area contributed by atoms with E-state index >= 15 is 0 Å². The van der Waals surface area contributed by atoms with Gasteiger partial charge in [0.25, 0.3) is 0 Å². The minimum atomic E-state index is -0.238. The fourth-order valence-corrected chi connectivity index (χ4v) is 0.686. The number of quaternary nitrogens is 1. The molecule has 0 heterocycles. The molecule has 0 aliphatic rings. The van der Waals surface area contributed by atoms with Crippen LogP contribution in [0.3, 0.4) is 0 Å². The highest BCUT2D eigenvalue weighted by Crippen LogP contribution is 1.90. The summed E-state index contributed by atoms with van der Waals surface area (Å²) < 4.78 is 0.844. The molecule has 0 bridgehead atoms. The number of nitrogens with zero attached hydrogens (tertiary/aromatic N) is 1. The summed E-state index contributed by atoms with van der Waals surface area (Å²) in [4.78, 5) is 9.81. The summed E-state index contributed by atoms with van der Waals surface area (Å²) in [7, 11) is 6.16. The first-order valence-electron chi connectivity index (χ1n) is 4.43. The number of carbonyl (C=O) groups excluding carboxylic acids is 1. The lowest BCUT2D eigenvalue weighted by Crippen LogP contribution is -2.36. The summed E-state index contributed by atoms with van der Waals surface area (Å²) in [5.74, 6) is 0. The quantitative estimate of drug-likeness (QED) is 0.560. The molecule has 0 aliphatic carbocycles. The van der Waals surface area contributed by atoms with Gasteiger partial charge in [-0.05, 0) is 18.0 Å². The molecule has 0 saturated heterocycles. The Balaban J connectivity index is 0. The van der Waals surface area contributed by atoms with E-state index in [1.807, 2.05) is 6.92 Å². The molecule has 4 heteroatoms. The monoisotopic (exact) mass is 210 g/mol. The van der Waals surface area contributed by atoms with E-state index in [2.05, 4.69) is 21.1 Å². The molecular formula is C9H21ClNO2+. The summed E-state index contributed by atoms with van der Waals surface area (Å²) in [6.07, 6.45) is 1.35. The third-order valence-corrected chi connectivity index (χ3v) is 1.41. The zero-order valence-corrected chi connectivity index (χ0v) is 9.76. The van der Waals surface area contributed by atoms with Gasteiger partial charge in [-0.2, -0.15) is 0 Å². The van der Waals surface area contributed by atoms with Gasteiger partial charge in [0.05, 0.1) is 27.7 Å². The Morgan fingerprint density at radius 2 is 1.85 bits per heavy atom. The molecule has 80 valence electrons. The molecule has 3 nitrogen and oxygen atoms in total. The SMILES string of the molecule is CCCC(=O)Cl.C[N+](C)(C)CCO. The molecular weight excluding hydrogens is 190 g/mol. The third kappa shape index (κ3) is 24.5. The molecule has 0 atom stereocenters. The molecule has 1 N–H and O–H groups in total. The highest BCUT2D eigenvalue weighted by Gasteiger charge is 2.02. The van der Waals surface area contributed by atoms with Gasteiger partial charge in [0.2, 0.25) is 5.24 Å². The summed E-state index contributed by atoms with van der Waals surface area (Å²) >= 11 is 4.94. The number of hydrogen-bond donors (Lipinski definition) is 1. The topological polar surface area (TPSA) is 37.3 Å². The molecule has 0 unspecified atom stereocenters. The van der Waals surface area contributed by atoms with Gasteiger partial charge in [0.1, 0.15) is 6.54 Å². The van der Waals surface area contributed by atoms with Crippen LogP contribution in [0.1, 0.15) is 19.8 Å². The summed E-state index contributed by atoms with van der Waals surface area (Å²) in [5, 5.41) is 8.15. The molecule has 0 saturated carbocycles. The molecule has 0 amide bonds. The van der Waals surface area contributed by atoms with Crippen LogP contribution in [0.2, 0.25) is 0 Å². The van der Waals surface area contributed by atoms with Crippen LogP contribution >= 0.6 is 11.6 Å². The van der Waals surface area contributed by atoms with E-state index in [-0.39, 0.29) is 11.8 Å². The Morgan fingerprint density at radius 1 is 1.38 bits per heavy atom. The Bertz CT molecular complexity index is 132. The van der Waals surface area contributed by atoms with Gasteiger partial charge >= 0.3 is 0 Å². The van der Waals surface area contributed by atoms with E-state index in [4.69, 9.17) is 16.7 Å². The fourth-order valence-electron chi connectivity index (χ4n) is 0.497. The van der Waals surface area contributed by atoms with Gasteiger partial charge in [0, 0.05) is 6.42 Å². The maximum absolute atomic E-state index is 9.81. The van der Waals surface area contributed by atoms with Crippen LogP contribution in [-0.4, -0.2) is 49.1 Å². The second-order valence-corrected chi connectivity index (χ2v) is 4.26. The molecule has 0 rings (SSSR count). The molecule has 0 aromatic heterocycles. The molecule has 0 radical (unpaired) electrons. The average Bonchev–Trinajstić information content (AvgIpc) is 1.84. The zero-order chi connectivity index (χ0) is 10.9. The number of aliphatic hydroxyl groups is 1. The van der Waals surface area contributed by atoms with E-state index in [1.54, 1.807) is 0 Å². The Labute approximate surface area is 85.9 Å². The van der Waals surface area contributed by atoms with Crippen molar-refractivity contribution >= 4 is 16.8 Å². The van der Waals surface area contributed by atoms with E-state index in [9.17, 15) is 4.79 Å². The second-order valence-electron chi connectivity index (χ2n) is 3.84. The lowest BCUT2D eigenvalue weighted by molar-refractivity contribution is -0.870. The van der Waals surface area contributed by atoms with Crippen molar-refractivity contribution in [3.8, 4) is 0 Å². The molecule has 0 fully saturated rings. The first-order valence-corrected chi connectivity index (χ1v) is 4.81. The largest absolute Gasteiger partial charge is 0.391 e. The van der Waals surface area contributed by atoms with Gasteiger partial charge in [-0.25, -0.2) is 0 Å². The number of hydrogen-bond acceptors (Lipinski definition) is 2. The van der Waals surface area contributed by atoms with Crippen molar-refractivity contribution in [1.29, 1.82) is 0 Å². The van der Waals surface area contributed by atoms with Crippen LogP contribution in [0.5, 0.6) is 0 Å². The minimum absolute atomic E-state index is 0.238. The van der Waals surface area contributed by atoms with Crippen molar-refractivity contribution in [2.75, 3.05) is 34.3 Å². The standard InChI is InChI=1S/C5H14NO.C4H7ClO/c1-6(2,3)4-5-7;1-2-3-4(5)6/h7H,4-5H2,1-3H3;2-3H2,1H3/q+1;. The predicted molar refractivity (Wildman–Crippen MR) is 55.8 cm³/mol. The lowest BCUT2D eigenvalue weighted by Gasteiger charge is -2.21. The maximum Gasteiger partial charge on any atom is 0.221 e. The van der Waals surface area contributed by atoms with Crippen LogP contribution in [0.15, 0.2) is 0 Å². The average molecular weight is 211 g/mol. The Morgan fingerprint density at radius 3 is 1.85 bits per heavy atom. The number of aliphatic hydroxyl groups excluding tert-OH is 1. The zero-order valence-electron chi connectivity index (χ0n) is 9.01. The number of carbonyl (C=O) groups is 1. The van der Waals surface area contributed by atoms with Crippen molar-refractivity contribution < 1.29 is 14.4 Å². The maximum atomic E-state index is 9.81. The highest BCUT2D eigenvalue weighted by molar-refractivity contribution is 6.63. The first-order chi connectivity index (χ1) is 5.83. The van der Waals surface area contributed by atoms with E-state index in [1.165, 1.54) is 0 Å². The van der Waals surface area contributed by atoms with Crippen LogP contribution in [0.4, 0.5) is 0 Å². The summed E-state index contributed by atoms with van der Waals surface area (Å²) in [6.45, 7) is 3.03. The normalized spacial score (nSPS) is 10.3. The molecule has 0 aromatic carbocycles. The van der Waals surface area contributed by atoms with Crippen LogP contribution in [0.25, 0.3) is 0 Å². The van der Waals surface area contributed by atoms with Gasteiger partial charge in [-0.1, -0.05) is 6.92 Å². The predicted octanol–water partition coefficient (Wildman–Crippen LogP) is 1.24. The molecule has 0 aromatic rings. The van der Waals surface area contributed by atoms with Crippen LogP contribution in [-0.2, 0) is 4.79 Å². The van der Waals surface area contributed by atoms with Gasteiger partial charge in [-0.15, -0.1) is 0 Å². The van der Waals surface area contributed by atoms with E-state index in [0.717, 1.165) is 17.4 Å². The fraction of sp³-hybridized carbons (Fsp3) is 0.889. The van der Waals surface area contributed by atoms with Crippen LogP contribution in [0, 0.1) is 0 Å². The number of rotatable bonds is 4. The van der Waals surface area contributed by atoms with Crippen molar-refractivity contribution in [3.63, 3.8) is 0 Å². The third-order valence-electron chi connectivity index (χ3n) is 1.22. The second kappa shape index (κ2) is 8.48. The van der Waals surface area contributed by atoms with E-state index < -0.39 is 0 Å². The highest BCUT2D eigenvalue weighted by atomic mass is 35.5. The van der Waals surface area contributed by atoms with Crippen molar-refractivity contribution in [3.05, 3.63) is 0 Å². The smallest absolute Gasteiger partial charge is 0.221 e. The first kappa shape index (κ1) is 15.4. The van der Waals surface area contributed by atoms with E-state index in [0.29, 0.717) is 6.42 Å². The summed E-state index contributed by atoms with van der Waals surface area (Å²) in [5.41, 5.74) is 0. The van der Waals surface area contributed by atoms with Gasteiger partial charge in [0.15, 0.2) is 0 Å². The van der Waals surface area contributed by atoms with Crippen molar-refractivity contribution in [2.24, 2.45) is 0 Å². The molecule has 0 spiro atoms.